The lowest BCUT2D eigenvalue weighted by molar-refractivity contribution is 0.188. The van der Waals surface area contributed by atoms with E-state index >= 15 is 0 Å². The summed E-state index contributed by atoms with van der Waals surface area (Å²) in [5.41, 5.74) is 2.16. The minimum Gasteiger partial charge on any atom is -0.316 e. The minimum absolute atomic E-state index is 0.767. The van der Waals surface area contributed by atoms with Crippen molar-refractivity contribution < 1.29 is 0 Å². The number of aromatic nitrogens is 2. The van der Waals surface area contributed by atoms with Crippen LogP contribution < -0.4 is 5.32 Å². The van der Waals surface area contributed by atoms with Crippen LogP contribution in [0.15, 0.2) is 0 Å². The molecule has 5 heteroatoms. The van der Waals surface area contributed by atoms with Crippen LogP contribution in [0, 0.1) is 12.8 Å². The Hall–Kier alpha value is -0.580. The Kier molecular flexibility index (Phi) is 4.87. The number of halogens is 1. The number of rotatable bonds is 6. The zero-order valence-corrected chi connectivity index (χ0v) is 14.0. The number of nitrogens with one attached hydrogen (secondary N) is 1. The predicted octanol–water partition coefficient (Wildman–Crippen LogP) is 2.83. The molecular weight excluding hydrogens is 284 g/mol. The molecule has 1 atom stereocenters. The third kappa shape index (κ3) is 3.61. The first kappa shape index (κ1) is 15.3. The summed E-state index contributed by atoms with van der Waals surface area (Å²) < 4.78 is 2.08. The normalized spacial score (nSPS) is 23.0. The molecule has 1 saturated carbocycles. The molecule has 0 spiro atoms. The van der Waals surface area contributed by atoms with Gasteiger partial charge in [0.15, 0.2) is 0 Å². The van der Waals surface area contributed by atoms with Crippen molar-refractivity contribution in [3.8, 4) is 0 Å². The van der Waals surface area contributed by atoms with Gasteiger partial charge in [-0.25, -0.2) is 0 Å². The Balaban J connectivity index is 1.70. The van der Waals surface area contributed by atoms with Crippen LogP contribution in [-0.4, -0.2) is 40.4 Å². The highest BCUT2D eigenvalue weighted by atomic mass is 35.5. The van der Waals surface area contributed by atoms with Crippen LogP contribution in [0.3, 0.4) is 0 Å². The molecule has 0 radical (unpaired) electrons. The zero-order valence-electron chi connectivity index (χ0n) is 13.2. The van der Waals surface area contributed by atoms with Gasteiger partial charge in [-0.2, -0.15) is 5.10 Å². The van der Waals surface area contributed by atoms with Crippen LogP contribution in [0.2, 0.25) is 5.02 Å². The molecule has 1 aromatic heterocycles. The van der Waals surface area contributed by atoms with E-state index in [1.165, 1.54) is 51.0 Å². The van der Waals surface area contributed by atoms with Gasteiger partial charge < -0.3 is 5.32 Å². The molecule has 4 nitrogen and oxygen atoms in total. The summed E-state index contributed by atoms with van der Waals surface area (Å²) in [5.74, 6) is 0.789. The number of aryl methyl sites for hydroxylation is 2. The molecular formula is C16H27ClN4. The fourth-order valence-electron chi connectivity index (χ4n) is 3.41. The highest BCUT2D eigenvalue weighted by molar-refractivity contribution is 6.31. The Morgan fingerprint density at radius 3 is 2.81 bits per heavy atom. The lowest BCUT2D eigenvalue weighted by atomic mass is 9.99. The highest BCUT2D eigenvalue weighted by Crippen LogP contribution is 2.32. The van der Waals surface area contributed by atoms with Crippen molar-refractivity contribution in [2.45, 2.75) is 58.7 Å². The van der Waals surface area contributed by atoms with Crippen LogP contribution >= 0.6 is 11.6 Å². The van der Waals surface area contributed by atoms with E-state index in [-0.39, 0.29) is 0 Å². The van der Waals surface area contributed by atoms with Gasteiger partial charge in [0.05, 0.1) is 16.4 Å². The summed E-state index contributed by atoms with van der Waals surface area (Å²) in [6.45, 7) is 9.54. The van der Waals surface area contributed by atoms with Gasteiger partial charge in [0.1, 0.15) is 0 Å². The van der Waals surface area contributed by atoms with Crippen molar-refractivity contribution >= 4 is 11.6 Å². The van der Waals surface area contributed by atoms with Gasteiger partial charge in [-0.15, -0.1) is 0 Å². The van der Waals surface area contributed by atoms with E-state index in [0.717, 1.165) is 35.8 Å². The molecule has 1 unspecified atom stereocenters. The fraction of sp³-hybridized carbons (Fsp3) is 0.812. The summed E-state index contributed by atoms with van der Waals surface area (Å²) in [7, 11) is 0. The van der Waals surface area contributed by atoms with Crippen molar-refractivity contribution in [3.05, 3.63) is 16.4 Å². The summed E-state index contributed by atoms with van der Waals surface area (Å²) in [6.07, 6.45) is 5.36. The van der Waals surface area contributed by atoms with E-state index in [1.807, 2.05) is 6.92 Å². The molecule has 3 rings (SSSR count). The predicted molar refractivity (Wildman–Crippen MR) is 86.7 cm³/mol. The smallest absolute Gasteiger partial charge is 0.0860 e. The quantitative estimate of drug-likeness (QED) is 0.877. The minimum atomic E-state index is 0.767. The average molecular weight is 311 g/mol. The number of nitrogens with zero attached hydrogens (tertiary/aromatic N) is 3. The molecule has 1 aromatic rings. The Morgan fingerprint density at radius 1 is 1.38 bits per heavy atom. The Labute approximate surface area is 132 Å². The standard InChI is InChI=1S/C16H27ClN4/c1-3-21-15(16(17)12(2)19-21)11-20(14-6-7-14)10-13-5-4-8-18-9-13/h13-14,18H,3-11H2,1-2H3. The second kappa shape index (κ2) is 6.67. The second-order valence-corrected chi connectivity index (χ2v) is 6.91. The van der Waals surface area contributed by atoms with Crippen LogP contribution in [-0.2, 0) is 13.1 Å². The van der Waals surface area contributed by atoms with Crippen LogP contribution in [0.1, 0.15) is 44.0 Å². The first-order valence-electron chi connectivity index (χ1n) is 8.35. The van der Waals surface area contributed by atoms with Crippen molar-refractivity contribution in [2.75, 3.05) is 19.6 Å². The van der Waals surface area contributed by atoms with Crippen molar-refractivity contribution in [3.63, 3.8) is 0 Å². The topological polar surface area (TPSA) is 33.1 Å². The summed E-state index contributed by atoms with van der Waals surface area (Å²) >= 11 is 6.48. The number of hydrogen-bond donors (Lipinski definition) is 1. The first-order valence-corrected chi connectivity index (χ1v) is 8.73. The van der Waals surface area contributed by atoms with Crippen molar-refractivity contribution in [2.24, 2.45) is 5.92 Å². The van der Waals surface area contributed by atoms with Gasteiger partial charge in [-0.1, -0.05) is 11.6 Å². The SMILES string of the molecule is CCn1nc(C)c(Cl)c1CN(CC1CCCNC1)C1CC1. The van der Waals surface area contributed by atoms with Crippen molar-refractivity contribution in [1.82, 2.24) is 20.0 Å². The van der Waals surface area contributed by atoms with Gasteiger partial charge >= 0.3 is 0 Å². The lowest BCUT2D eigenvalue weighted by Gasteiger charge is -2.30. The van der Waals surface area contributed by atoms with E-state index in [1.54, 1.807) is 0 Å². The molecule has 1 aliphatic heterocycles. The number of hydrogen-bond acceptors (Lipinski definition) is 3. The van der Waals surface area contributed by atoms with E-state index in [4.69, 9.17) is 11.6 Å². The molecule has 2 aliphatic rings. The number of piperidine rings is 1. The fourth-order valence-corrected chi connectivity index (χ4v) is 3.60. The molecule has 0 bridgehead atoms. The summed E-state index contributed by atoms with van der Waals surface area (Å²) in [5, 5.41) is 8.95. The molecule has 2 heterocycles. The molecule has 0 aromatic carbocycles. The molecule has 1 aliphatic carbocycles. The largest absolute Gasteiger partial charge is 0.316 e. The summed E-state index contributed by atoms with van der Waals surface area (Å²) in [6, 6.07) is 0.767. The first-order chi connectivity index (χ1) is 10.2. The molecule has 1 saturated heterocycles. The Morgan fingerprint density at radius 2 is 2.19 bits per heavy atom. The molecule has 0 amide bonds. The van der Waals surface area contributed by atoms with E-state index < -0.39 is 0 Å². The van der Waals surface area contributed by atoms with Crippen LogP contribution in [0.4, 0.5) is 0 Å². The van der Waals surface area contributed by atoms with Crippen LogP contribution in [0.25, 0.3) is 0 Å². The zero-order chi connectivity index (χ0) is 14.8. The maximum absolute atomic E-state index is 6.48. The lowest BCUT2D eigenvalue weighted by Crippen LogP contribution is -2.39. The van der Waals surface area contributed by atoms with Gasteiger partial charge in [-0.3, -0.25) is 9.58 Å². The van der Waals surface area contributed by atoms with E-state index in [0.29, 0.717) is 0 Å². The van der Waals surface area contributed by atoms with Crippen LogP contribution in [0.5, 0.6) is 0 Å². The van der Waals surface area contributed by atoms with Crippen molar-refractivity contribution in [1.29, 1.82) is 0 Å². The summed E-state index contributed by atoms with van der Waals surface area (Å²) in [4.78, 5) is 2.64. The average Bonchev–Trinajstić information content (AvgIpc) is 3.30. The molecule has 118 valence electrons. The third-order valence-electron chi connectivity index (χ3n) is 4.76. The Bertz CT molecular complexity index is 475. The highest BCUT2D eigenvalue weighted by Gasteiger charge is 2.32. The molecule has 21 heavy (non-hydrogen) atoms. The van der Waals surface area contributed by atoms with Gasteiger partial charge in [0, 0.05) is 25.7 Å². The molecule has 1 N–H and O–H groups in total. The van der Waals surface area contributed by atoms with Gasteiger partial charge in [0.25, 0.3) is 0 Å². The van der Waals surface area contributed by atoms with Gasteiger partial charge in [-0.05, 0) is 58.5 Å². The second-order valence-electron chi connectivity index (χ2n) is 6.53. The van der Waals surface area contributed by atoms with E-state index in [9.17, 15) is 0 Å². The molecule has 2 fully saturated rings. The maximum atomic E-state index is 6.48. The van der Waals surface area contributed by atoms with E-state index in [2.05, 4.69) is 26.9 Å². The monoisotopic (exact) mass is 310 g/mol. The van der Waals surface area contributed by atoms with Gasteiger partial charge in [0.2, 0.25) is 0 Å². The third-order valence-corrected chi connectivity index (χ3v) is 5.25. The maximum Gasteiger partial charge on any atom is 0.0860 e.